The molecular formula is C10H14N2S. The van der Waals surface area contributed by atoms with Gasteiger partial charge in [-0.25, -0.2) is 0 Å². The minimum absolute atomic E-state index is 0.446. The Labute approximate surface area is 83.0 Å². The lowest BCUT2D eigenvalue weighted by Gasteiger charge is -2.04. The predicted octanol–water partition coefficient (Wildman–Crippen LogP) is 2.61. The van der Waals surface area contributed by atoms with Gasteiger partial charge in [-0.15, -0.1) is 0 Å². The summed E-state index contributed by atoms with van der Waals surface area (Å²) in [6.45, 7) is 2.16. The molecule has 0 saturated carbocycles. The van der Waals surface area contributed by atoms with Crippen LogP contribution < -0.4 is 5.73 Å². The third-order valence-electron chi connectivity index (χ3n) is 2.05. The Hall–Kier alpha value is -0.850. The number of nitriles is 1. The second-order valence-electron chi connectivity index (χ2n) is 3.06. The summed E-state index contributed by atoms with van der Waals surface area (Å²) in [6, 6.07) is 1.62. The molecule has 0 aliphatic carbocycles. The number of nitrogens with two attached hydrogens (primary N) is 1. The maximum atomic E-state index is 8.69. The molecule has 0 amide bonds. The summed E-state index contributed by atoms with van der Waals surface area (Å²) in [5.41, 5.74) is 7.92. The molecule has 1 unspecified atom stereocenters. The summed E-state index contributed by atoms with van der Waals surface area (Å²) in [6.07, 6.45) is 3.39. The minimum Gasteiger partial charge on any atom is -0.312 e. The van der Waals surface area contributed by atoms with Crippen molar-refractivity contribution in [2.75, 3.05) is 0 Å². The van der Waals surface area contributed by atoms with Crippen LogP contribution in [0.2, 0.25) is 0 Å². The monoisotopic (exact) mass is 194 g/mol. The molecule has 3 heteroatoms. The van der Waals surface area contributed by atoms with Gasteiger partial charge in [0.05, 0.1) is 6.07 Å². The Kier molecular flexibility index (Phi) is 3.94. The van der Waals surface area contributed by atoms with Crippen LogP contribution in [0.25, 0.3) is 0 Å². The lowest BCUT2D eigenvalue weighted by Crippen LogP contribution is -2.08. The van der Waals surface area contributed by atoms with Gasteiger partial charge in [-0.3, -0.25) is 0 Å². The topological polar surface area (TPSA) is 49.8 Å². The molecule has 0 radical (unpaired) electrons. The van der Waals surface area contributed by atoms with E-state index in [1.165, 1.54) is 18.4 Å². The van der Waals surface area contributed by atoms with E-state index in [1.807, 2.05) is 5.38 Å². The summed E-state index contributed by atoms with van der Waals surface area (Å²) >= 11 is 1.63. The van der Waals surface area contributed by atoms with Crippen LogP contribution in [0.1, 0.15) is 36.9 Å². The normalized spacial score (nSPS) is 12.4. The number of hydrogen-bond donors (Lipinski definition) is 1. The van der Waals surface area contributed by atoms with Crippen LogP contribution in [-0.2, 0) is 6.42 Å². The molecule has 13 heavy (non-hydrogen) atoms. The minimum atomic E-state index is -0.446. The van der Waals surface area contributed by atoms with E-state index in [9.17, 15) is 0 Å². The average molecular weight is 194 g/mol. The van der Waals surface area contributed by atoms with Crippen LogP contribution in [0.5, 0.6) is 0 Å². The zero-order valence-corrected chi connectivity index (χ0v) is 8.60. The van der Waals surface area contributed by atoms with Gasteiger partial charge in [-0.2, -0.15) is 16.6 Å². The van der Waals surface area contributed by atoms with E-state index in [4.69, 9.17) is 11.0 Å². The van der Waals surface area contributed by atoms with E-state index >= 15 is 0 Å². The van der Waals surface area contributed by atoms with Crippen LogP contribution in [0.15, 0.2) is 10.8 Å². The largest absolute Gasteiger partial charge is 0.312 e. The summed E-state index contributed by atoms with van der Waals surface area (Å²) in [5, 5.41) is 12.8. The number of unbranched alkanes of at least 4 members (excludes halogenated alkanes) is 1. The van der Waals surface area contributed by atoms with Gasteiger partial charge in [0.1, 0.15) is 6.04 Å². The number of hydrogen-bond acceptors (Lipinski definition) is 3. The van der Waals surface area contributed by atoms with Crippen LogP contribution in [-0.4, -0.2) is 0 Å². The summed E-state index contributed by atoms with van der Waals surface area (Å²) in [7, 11) is 0. The Balaban J connectivity index is 2.72. The van der Waals surface area contributed by atoms with Crippen molar-refractivity contribution >= 4 is 11.3 Å². The quantitative estimate of drug-likeness (QED) is 0.801. The third-order valence-corrected chi connectivity index (χ3v) is 2.86. The van der Waals surface area contributed by atoms with E-state index < -0.39 is 6.04 Å². The van der Waals surface area contributed by atoms with E-state index in [2.05, 4.69) is 18.4 Å². The maximum Gasteiger partial charge on any atom is 0.119 e. The van der Waals surface area contributed by atoms with Gasteiger partial charge in [0.2, 0.25) is 0 Å². The molecule has 0 saturated heterocycles. The molecule has 0 aliphatic rings. The molecule has 0 spiro atoms. The van der Waals surface area contributed by atoms with Gasteiger partial charge in [0, 0.05) is 0 Å². The van der Waals surface area contributed by atoms with Gasteiger partial charge in [0.25, 0.3) is 0 Å². The van der Waals surface area contributed by atoms with Gasteiger partial charge in [-0.1, -0.05) is 13.3 Å². The van der Waals surface area contributed by atoms with Gasteiger partial charge >= 0.3 is 0 Å². The first kappa shape index (κ1) is 10.2. The number of thiophene rings is 1. The highest BCUT2D eigenvalue weighted by Gasteiger charge is 2.10. The van der Waals surface area contributed by atoms with Gasteiger partial charge in [-0.05, 0) is 34.7 Å². The van der Waals surface area contributed by atoms with E-state index in [-0.39, 0.29) is 0 Å². The highest BCUT2D eigenvalue weighted by Crippen LogP contribution is 2.22. The van der Waals surface area contributed by atoms with Crippen LogP contribution >= 0.6 is 11.3 Å². The molecule has 0 aliphatic heterocycles. The van der Waals surface area contributed by atoms with E-state index in [0.29, 0.717) is 0 Å². The third kappa shape index (κ3) is 2.55. The van der Waals surface area contributed by atoms with Gasteiger partial charge < -0.3 is 5.73 Å². The van der Waals surface area contributed by atoms with Crippen molar-refractivity contribution in [3.05, 3.63) is 21.9 Å². The van der Waals surface area contributed by atoms with Crippen molar-refractivity contribution in [3.8, 4) is 6.07 Å². The Morgan fingerprint density at radius 3 is 3.00 bits per heavy atom. The SMILES string of the molecule is CCCCc1cscc1C(N)C#N. The predicted molar refractivity (Wildman–Crippen MR) is 55.5 cm³/mol. The van der Waals surface area contributed by atoms with E-state index in [1.54, 1.807) is 11.3 Å². The van der Waals surface area contributed by atoms with Crippen molar-refractivity contribution < 1.29 is 0 Å². The molecule has 0 fully saturated rings. The fraction of sp³-hybridized carbons (Fsp3) is 0.500. The molecule has 1 heterocycles. The van der Waals surface area contributed by atoms with Crippen LogP contribution in [0.4, 0.5) is 0 Å². The molecule has 1 aromatic heterocycles. The second-order valence-corrected chi connectivity index (χ2v) is 3.81. The fourth-order valence-corrected chi connectivity index (χ4v) is 2.18. The number of nitrogens with zero attached hydrogens (tertiary/aromatic N) is 1. The summed E-state index contributed by atoms with van der Waals surface area (Å²) < 4.78 is 0. The molecular weight excluding hydrogens is 180 g/mol. The first-order valence-electron chi connectivity index (χ1n) is 4.49. The molecule has 0 aromatic carbocycles. The van der Waals surface area contributed by atoms with Crippen molar-refractivity contribution in [1.82, 2.24) is 0 Å². The van der Waals surface area contributed by atoms with Crippen molar-refractivity contribution in [2.24, 2.45) is 5.73 Å². The maximum absolute atomic E-state index is 8.69. The zero-order valence-electron chi connectivity index (χ0n) is 7.79. The zero-order chi connectivity index (χ0) is 9.68. The summed E-state index contributed by atoms with van der Waals surface area (Å²) in [5.74, 6) is 0. The Bertz CT molecular complexity index is 298. The standard InChI is InChI=1S/C10H14N2S/c1-2-3-4-8-6-13-7-9(8)10(12)5-11/h6-7,10H,2-4,12H2,1H3. The first-order valence-corrected chi connectivity index (χ1v) is 5.44. The molecule has 1 rings (SSSR count). The smallest absolute Gasteiger partial charge is 0.119 e. The summed E-state index contributed by atoms with van der Waals surface area (Å²) in [4.78, 5) is 0. The number of rotatable bonds is 4. The first-order chi connectivity index (χ1) is 6.29. The molecule has 70 valence electrons. The lowest BCUT2D eigenvalue weighted by atomic mass is 10.0. The van der Waals surface area contributed by atoms with Crippen molar-refractivity contribution in [2.45, 2.75) is 32.2 Å². The van der Waals surface area contributed by atoms with Crippen molar-refractivity contribution in [1.29, 1.82) is 5.26 Å². The van der Waals surface area contributed by atoms with Crippen LogP contribution in [0, 0.1) is 11.3 Å². The van der Waals surface area contributed by atoms with Crippen molar-refractivity contribution in [3.63, 3.8) is 0 Å². The van der Waals surface area contributed by atoms with Gasteiger partial charge in [0.15, 0.2) is 0 Å². The molecule has 2 N–H and O–H groups in total. The van der Waals surface area contributed by atoms with E-state index in [0.717, 1.165) is 12.0 Å². The molecule has 1 aromatic rings. The Morgan fingerprint density at radius 2 is 2.38 bits per heavy atom. The second kappa shape index (κ2) is 5.00. The number of aryl methyl sites for hydroxylation is 1. The molecule has 1 atom stereocenters. The average Bonchev–Trinajstić information content (AvgIpc) is 2.61. The molecule has 2 nitrogen and oxygen atoms in total. The molecule has 0 bridgehead atoms. The highest BCUT2D eigenvalue weighted by molar-refractivity contribution is 7.08. The lowest BCUT2D eigenvalue weighted by molar-refractivity contribution is 0.781. The highest BCUT2D eigenvalue weighted by atomic mass is 32.1. The Morgan fingerprint density at radius 1 is 1.62 bits per heavy atom. The fourth-order valence-electron chi connectivity index (χ4n) is 1.25. The van der Waals surface area contributed by atoms with Crippen LogP contribution in [0.3, 0.4) is 0 Å².